The second kappa shape index (κ2) is 9.40. The van der Waals surface area contributed by atoms with E-state index in [0.717, 1.165) is 31.4 Å². The van der Waals surface area contributed by atoms with E-state index in [4.69, 9.17) is 4.74 Å². The van der Waals surface area contributed by atoms with Gasteiger partial charge in [0.25, 0.3) is 0 Å². The lowest BCUT2D eigenvalue weighted by molar-refractivity contribution is -0.136. The Morgan fingerprint density at radius 3 is 2.29 bits per heavy atom. The molecule has 0 radical (unpaired) electrons. The smallest absolute Gasteiger partial charge is 0.243 e. The van der Waals surface area contributed by atoms with Crippen molar-refractivity contribution in [2.45, 2.75) is 43.0 Å². The topological polar surface area (TPSA) is 66.9 Å². The van der Waals surface area contributed by atoms with Crippen molar-refractivity contribution in [2.24, 2.45) is 5.92 Å². The van der Waals surface area contributed by atoms with E-state index in [1.54, 1.807) is 37.4 Å². The molecule has 4 rings (SSSR count). The number of nitrogens with zero attached hydrogens (tertiary/aromatic N) is 2. The van der Waals surface area contributed by atoms with Crippen LogP contribution in [-0.2, 0) is 21.2 Å². The zero-order valence-electron chi connectivity index (χ0n) is 17.9. The Labute approximate surface area is 184 Å². The summed E-state index contributed by atoms with van der Waals surface area (Å²) in [5.41, 5.74) is 1.28. The van der Waals surface area contributed by atoms with Crippen LogP contribution in [0.3, 0.4) is 0 Å². The van der Waals surface area contributed by atoms with E-state index in [9.17, 15) is 13.2 Å². The van der Waals surface area contributed by atoms with Gasteiger partial charge in [0, 0.05) is 19.6 Å². The molecule has 2 aromatic carbocycles. The molecule has 0 saturated carbocycles. The minimum absolute atomic E-state index is 0.0418. The summed E-state index contributed by atoms with van der Waals surface area (Å²) in [6.45, 7) is 1.78. The fourth-order valence-corrected chi connectivity index (χ4v) is 6.34. The van der Waals surface area contributed by atoms with Gasteiger partial charge in [-0.3, -0.25) is 4.79 Å². The predicted octanol–water partition coefficient (Wildman–Crippen LogP) is 3.33. The molecule has 166 valence electrons. The monoisotopic (exact) mass is 442 g/mol. The van der Waals surface area contributed by atoms with Crippen LogP contribution in [-0.4, -0.2) is 56.3 Å². The molecule has 2 aromatic rings. The van der Waals surface area contributed by atoms with Gasteiger partial charge in [-0.05, 0) is 67.9 Å². The first-order valence-electron chi connectivity index (χ1n) is 11.0. The molecule has 0 N–H and O–H groups in total. The molecule has 2 fully saturated rings. The summed E-state index contributed by atoms with van der Waals surface area (Å²) in [5, 5.41) is 0. The molecule has 2 saturated heterocycles. The Kier molecular flexibility index (Phi) is 6.62. The Balaban J connectivity index is 1.36. The molecule has 0 spiro atoms. The normalized spacial score (nSPS) is 20.7. The van der Waals surface area contributed by atoms with E-state index in [1.165, 1.54) is 9.87 Å². The third kappa shape index (κ3) is 4.77. The highest BCUT2D eigenvalue weighted by molar-refractivity contribution is 7.89. The SMILES string of the molecule is COc1ccc(CC2CCN(C(=O)C3CCCN3S(=O)(=O)c3ccccc3)CC2)cc1. The molecule has 0 aromatic heterocycles. The third-order valence-corrected chi connectivity index (χ3v) is 8.37. The van der Waals surface area contributed by atoms with Crippen molar-refractivity contribution in [3.05, 3.63) is 60.2 Å². The molecule has 1 amide bonds. The molecule has 2 aliphatic rings. The van der Waals surface area contributed by atoms with Crippen LogP contribution in [0, 0.1) is 5.92 Å². The van der Waals surface area contributed by atoms with Crippen LogP contribution in [0.2, 0.25) is 0 Å². The number of ether oxygens (including phenoxy) is 1. The Morgan fingerprint density at radius 2 is 1.65 bits per heavy atom. The maximum Gasteiger partial charge on any atom is 0.243 e. The Bertz CT molecular complexity index is 984. The zero-order valence-corrected chi connectivity index (χ0v) is 18.8. The largest absolute Gasteiger partial charge is 0.497 e. The minimum atomic E-state index is -3.65. The first-order chi connectivity index (χ1) is 15.0. The first kappa shape index (κ1) is 21.8. The standard InChI is InChI=1S/C24H30N2O4S/c1-30-21-11-9-19(10-12-21)18-20-13-16-25(17-14-20)24(27)23-8-5-15-26(23)31(28,29)22-6-3-2-4-7-22/h2-4,6-7,9-12,20,23H,5,8,13-18H2,1H3. The molecule has 31 heavy (non-hydrogen) atoms. The van der Waals surface area contributed by atoms with Crippen LogP contribution < -0.4 is 4.74 Å². The number of benzene rings is 2. The summed E-state index contributed by atoms with van der Waals surface area (Å²) in [6.07, 6.45) is 4.18. The van der Waals surface area contributed by atoms with Crippen molar-refractivity contribution in [3.8, 4) is 5.75 Å². The van der Waals surface area contributed by atoms with E-state index in [-0.39, 0.29) is 10.8 Å². The number of sulfonamides is 1. The number of likely N-dealkylation sites (tertiary alicyclic amines) is 1. The highest BCUT2D eigenvalue weighted by atomic mass is 32.2. The van der Waals surface area contributed by atoms with Gasteiger partial charge in [-0.1, -0.05) is 30.3 Å². The number of methoxy groups -OCH3 is 1. The fourth-order valence-electron chi connectivity index (χ4n) is 4.67. The Hall–Kier alpha value is -2.38. The molecule has 0 bridgehead atoms. The number of carbonyl (C=O) groups is 1. The average molecular weight is 443 g/mol. The lowest BCUT2D eigenvalue weighted by atomic mass is 9.90. The summed E-state index contributed by atoms with van der Waals surface area (Å²) in [7, 11) is -1.99. The van der Waals surface area contributed by atoms with Crippen LogP contribution in [0.15, 0.2) is 59.5 Å². The van der Waals surface area contributed by atoms with Gasteiger partial charge in [-0.2, -0.15) is 4.31 Å². The lowest BCUT2D eigenvalue weighted by Gasteiger charge is -2.35. The zero-order chi connectivity index (χ0) is 21.8. The number of hydrogen-bond acceptors (Lipinski definition) is 4. The summed E-state index contributed by atoms with van der Waals surface area (Å²) >= 11 is 0. The van der Waals surface area contributed by atoms with Gasteiger partial charge in [0.2, 0.25) is 15.9 Å². The highest BCUT2D eigenvalue weighted by Crippen LogP contribution is 2.29. The number of carbonyl (C=O) groups excluding carboxylic acids is 1. The molecule has 0 aliphatic carbocycles. The molecule has 1 atom stereocenters. The quantitative estimate of drug-likeness (QED) is 0.688. The summed E-state index contributed by atoms with van der Waals surface area (Å²) in [5.74, 6) is 1.35. The second-order valence-corrected chi connectivity index (χ2v) is 10.3. The van der Waals surface area contributed by atoms with Crippen LogP contribution in [0.1, 0.15) is 31.2 Å². The molecule has 1 unspecified atom stereocenters. The van der Waals surface area contributed by atoms with Crippen molar-refractivity contribution in [1.29, 1.82) is 0 Å². The first-order valence-corrected chi connectivity index (χ1v) is 12.4. The summed E-state index contributed by atoms with van der Waals surface area (Å²) < 4.78 is 32.8. The van der Waals surface area contributed by atoms with Crippen molar-refractivity contribution in [2.75, 3.05) is 26.7 Å². The molecule has 2 aliphatic heterocycles. The number of rotatable bonds is 6. The van der Waals surface area contributed by atoms with E-state index in [1.807, 2.05) is 17.0 Å². The number of amides is 1. The van der Waals surface area contributed by atoms with Crippen molar-refractivity contribution >= 4 is 15.9 Å². The van der Waals surface area contributed by atoms with Crippen LogP contribution in [0.5, 0.6) is 5.75 Å². The fraction of sp³-hybridized carbons (Fsp3) is 0.458. The summed E-state index contributed by atoms with van der Waals surface area (Å²) in [4.78, 5) is 15.4. The maximum absolute atomic E-state index is 13.2. The molecular weight excluding hydrogens is 412 g/mol. The van der Waals surface area contributed by atoms with E-state index >= 15 is 0 Å². The number of hydrogen-bond donors (Lipinski definition) is 0. The van der Waals surface area contributed by atoms with Gasteiger partial charge in [0.05, 0.1) is 12.0 Å². The third-order valence-electron chi connectivity index (χ3n) is 6.45. The maximum atomic E-state index is 13.2. The lowest BCUT2D eigenvalue weighted by Crippen LogP contribution is -2.50. The minimum Gasteiger partial charge on any atom is -0.497 e. The van der Waals surface area contributed by atoms with Crippen molar-refractivity contribution in [3.63, 3.8) is 0 Å². The molecule has 6 nitrogen and oxygen atoms in total. The predicted molar refractivity (Wildman–Crippen MR) is 119 cm³/mol. The number of piperidine rings is 1. The van der Waals surface area contributed by atoms with Gasteiger partial charge in [0.15, 0.2) is 0 Å². The van der Waals surface area contributed by atoms with Crippen LogP contribution >= 0.6 is 0 Å². The second-order valence-electron chi connectivity index (χ2n) is 8.41. The van der Waals surface area contributed by atoms with Crippen molar-refractivity contribution < 1.29 is 17.9 Å². The van der Waals surface area contributed by atoms with Gasteiger partial charge in [-0.15, -0.1) is 0 Å². The van der Waals surface area contributed by atoms with Gasteiger partial charge in [0.1, 0.15) is 11.8 Å². The highest BCUT2D eigenvalue weighted by Gasteiger charge is 2.41. The van der Waals surface area contributed by atoms with E-state index in [0.29, 0.717) is 32.0 Å². The van der Waals surface area contributed by atoms with E-state index < -0.39 is 16.1 Å². The van der Waals surface area contributed by atoms with Gasteiger partial charge >= 0.3 is 0 Å². The molecular formula is C24H30N2O4S. The Morgan fingerprint density at radius 1 is 0.968 bits per heavy atom. The molecule has 2 heterocycles. The average Bonchev–Trinajstić information content (AvgIpc) is 3.31. The van der Waals surface area contributed by atoms with Gasteiger partial charge < -0.3 is 9.64 Å². The molecule has 7 heteroatoms. The summed E-state index contributed by atoms with van der Waals surface area (Å²) in [6, 6.07) is 16.0. The van der Waals surface area contributed by atoms with Crippen molar-refractivity contribution in [1.82, 2.24) is 9.21 Å². The van der Waals surface area contributed by atoms with Gasteiger partial charge in [-0.25, -0.2) is 8.42 Å². The van der Waals surface area contributed by atoms with Crippen LogP contribution in [0.25, 0.3) is 0 Å². The van der Waals surface area contributed by atoms with Crippen LogP contribution in [0.4, 0.5) is 0 Å². The van der Waals surface area contributed by atoms with E-state index in [2.05, 4.69) is 12.1 Å².